The molecule has 2 N–H and O–H groups in total. The standard InChI is InChI=1S/C16H16FN3O4/c1-8(11-7-18-12-6-9(17)4-5-10(11)12)16(14(22)23)13(21)19-15(24-16)20(2)3/h4-8,18H,1-3H3,(H,22,23). The topological polar surface area (TPSA) is 95.0 Å². The lowest BCUT2D eigenvalue weighted by Crippen LogP contribution is -2.50. The van der Waals surface area contributed by atoms with Crippen LogP contribution in [-0.4, -0.2) is 52.6 Å². The maximum absolute atomic E-state index is 13.3. The zero-order valence-electron chi connectivity index (χ0n) is 13.3. The first-order valence-electron chi connectivity index (χ1n) is 7.26. The van der Waals surface area contributed by atoms with Crippen molar-refractivity contribution in [2.75, 3.05) is 14.1 Å². The fourth-order valence-electron chi connectivity index (χ4n) is 2.86. The number of carboxylic acids is 1. The van der Waals surface area contributed by atoms with Crippen LogP contribution in [0, 0.1) is 5.82 Å². The van der Waals surface area contributed by atoms with E-state index in [1.165, 1.54) is 23.1 Å². The van der Waals surface area contributed by atoms with Crippen molar-refractivity contribution in [1.82, 2.24) is 9.88 Å². The lowest BCUT2D eigenvalue weighted by molar-refractivity contribution is -0.162. The third-order valence-electron chi connectivity index (χ3n) is 4.22. The Morgan fingerprint density at radius 2 is 2.17 bits per heavy atom. The van der Waals surface area contributed by atoms with Crippen LogP contribution in [0.1, 0.15) is 18.4 Å². The van der Waals surface area contributed by atoms with Gasteiger partial charge in [-0.2, -0.15) is 4.99 Å². The number of carboxylic acid groups (broad SMARTS) is 1. The molecule has 0 spiro atoms. The number of nitrogens with zero attached hydrogens (tertiary/aromatic N) is 2. The minimum atomic E-state index is -2.15. The number of amidine groups is 1. The van der Waals surface area contributed by atoms with Crippen molar-refractivity contribution in [3.05, 3.63) is 35.8 Å². The summed E-state index contributed by atoms with van der Waals surface area (Å²) in [6, 6.07) is 4.06. The first kappa shape index (κ1) is 16.0. The van der Waals surface area contributed by atoms with Gasteiger partial charge in [-0.1, -0.05) is 6.92 Å². The van der Waals surface area contributed by atoms with E-state index in [-0.39, 0.29) is 6.02 Å². The number of carbonyl (C=O) groups is 2. The van der Waals surface area contributed by atoms with Gasteiger partial charge in [0.25, 0.3) is 11.6 Å². The van der Waals surface area contributed by atoms with E-state index >= 15 is 0 Å². The van der Waals surface area contributed by atoms with Crippen LogP contribution in [0.2, 0.25) is 0 Å². The number of aliphatic imine (C=N–C) groups is 1. The van der Waals surface area contributed by atoms with Gasteiger partial charge in [0.1, 0.15) is 5.82 Å². The molecule has 0 radical (unpaired) electrons. The maximum atomic E-state index is 13.3. The zero-order valence-corrected chi connectivity index (χ0v) is 13.3. The maximum Gasteiger partial charge on any atom is 0.359 e. The van der Waals surface area contributed by atoms with Crippen LogP contribution in [0.4, 0.5) is 4.39 Å². The Bertz CT molecular complexity index is 873. The quantitative estimate of drug-likeness (QED) is 0.834. The van der Waals surface area contributed by atoms with Gasteiger partial charge in [0.15, 0.2) is 0 Å². The molecule has 0 bridgehead atoms. The lowest BCUT2D eigenvalue weighted by Gasteiger charge is -2.29. The number of hydrogen-bond donors (Lipinski definition) is 2. The first-order chi connectivity index (χ1) is 11.3. The molecule has 126 valence electrons. The normalized spacial score (nSPS) is 21.5. The second-order valence-electron chi connectivity index (χ2n) is 5.89. The Labute approximate surface area is 136 Å². The van der Waals surface area contributed by atoms with E-state index in [9.17, 15) is 19.1 Å². The molecule has 3 rings (SSSR count). The number of nitrogens with one attached hydrogen (secondary N) is 1. The number of rotatable bonds is 3. The summed E-state index contributed by atoms with van der Waals surface area (Å²) < 4.78 is 18.8. The summed E-state index contributed by atoms with van der Waals surface area (Å²) in [5.41, 5.74) is -1.10. The zero-order chi connectivity index (χ0) is 17.6. The van der Waals surface area contributed by atoms with Crippen LogP contribution in [0.25, 0.3) is 10.9 Å². The highest BCUT2D eigenvalue weighted by molar-refractivity contribution is 6.15. The number of benzene rings is 1. The van der Waals surface area contributed by atoms with Crippen LogP contribution < -0.4 is 0 Å². The first-order valence-corrected chi connectivity index (χ1v) is 7.26. The van der Waals surface area contributed by atoms with Gasteiger partial charge in [-0.3, -0.25) is 4.79 Å². The smallest absolute Gasteiger partial charge is 0.359 e. The summed E-state index contributed by atoms with van der Waals surface area (Å²) in [6.45, 7) is 1.58. The highest BCUT2D eigenvalue weighted by atomic mass is 19.1. The predicted molar refractivity (Wildman–Crippen MR) is 84.3 cm³/mol. The van der Waals surface area contributed by atoms with E-state index in [1.807, 2.05) is 0 Å². The fourth-order valence-corrected chi connectivity index (χ4v) is 2.86. The number of halogens is 1. The van der Waals surface area contributed by atoms with Crippen molar-refractivity contribution in [1.29, 1.82) is 0 Å². The molecule has 1 amide bonds. The fraction of sp³-hybridized carbons (Fsp3) is 0.312. The summed E-state index contributed by atoms with van der Waals surface area (Å²) >= 11 is 0. The minimum absolute atomic E-state index is 0.0554. The SMILES string of the molecule is CC(c1c[nH]c2cc(F)ccc12)C1(C(=O)O)OC(N(C)C)=NC1=O. The van der Waals surface area contributed by atoms with Crippen LogP contribution in [0.15, 0.2) is 29.4 Å². The van der Waals surface area contributed by atoms with Crippen molar-refractivity contribution < 1.29 is 23.8 Å². The predicted octanol–water partition coefficient (Wildman–Crippen LogP) is 1.71. The number of aromatic nitrogens is 1. The summed E-state index contributed by atoms with van der Waals surface area (Å²) in [6.07, 6.45) is 1.56. The van der Waals surface area contributed by atoms with E-state index in [0.29, 0.717) is 16.5 Å². The van der Waals surface area contributed by atoms with Gasteiger partial charge in [-0.05, 0) is 23.8 Å². The Morgan fingerprint density at radius 3 is 2.75 bits per heavy atom. The number of fused-ring (bicyclic) bond motifs is 1. The summed E-state index contributed by atoms with van der Waals surface area (Å²) in [5, 5.41) is 10.3. The third kappa shape index (κ3) is 2.14. The monoisotopic (exact) mass is 333 g/mol. The Kier molecular flexibility index (Phi) is 3.55. The van der Waals surface area contributed by atoms with Crippen molar-refractivity contribution >= 4 is 28.8 Å². The molecule has 2 aromatic rings. The average Bonchev–Trinajstić information content (AvgIpc) is 3.08. The Morgan fingerprint density at radius 1 is 1.46 bits per heavy atom. The molecule has 0 fully saturated rings. The van der Waals surface area contributed by atoms with E-state index in [2.05, 4.69) is 9.98 Å². The van der Waals surface area contributed by atoms with Crippen molar-refractivity contribution in [3.8, 4) is 0 Å². The molecule has 0 saturated carbocycles. The van der Waals surface area contributed by atoms with Gasteiger partial charge in [-0.15, -0.1) is 0 Å². The van der Waals surface area contributed by atoms with E-state index in [1.54, 1.807) is 27.2 Å². The van der Waals surface area contributed by atoms with Crippen LogP contribution >= 0.6 is 0 Å². The molecule has 0 saturated heterocycles. The lowest BCUT2D eigenvalue weighted by atomic mass is 9.82. The summed E-state index contributed by atoms with van der Waals surface area (Å²) in [5.74, 6) is -3.55. The summed E-state index contributed by atoms with van der Waals surface area (Å²) in [4.78, 5) is 32.3. The Hall–Kier alpha value is -2.90. The molecule has 24 heavy (non-hydrogen) atoms. The minimum Gasteiger partial charge on any atom is -0.478 e. The molecule has 1 aliphatic rings. The van der Waals surface area contributed by atoms with E-state index in [0.717, 1.165) is 0 Å². The van der Waals surface area contributed by atoms with Crippen molar-refractivity contribution in [2.24, 2.45) is 4.99 Å². The van der Waals surface area contributed by atoms with Gasteiger partial charge >= 0.3 is 11.9 Å². The molecule has 7 nitrogen and oxygen atoms in total. The second kappa shape index (κ2) is 5.33. The van der Waals surface area contributed by atoms with Gasteiger partial charge in [-0.25, -0.2) is 9.18 Å². The molecule has 1 aromatic heterocycles. The van der Waals surface area contributed by atoms with Crippen LogP contribution in [-0.2, 0) is 14.3 Å². The largest absolute Gasteiger partial charge is 0.478 e. The molecule has 8 heteroatoms. The molecule has 0 aliphatic carbocycles. The number of H-pyrrole nitrogens is 1. The number of amides is 1. The van der Waals surface area contributed by atoms with Gasteiger partial charge < -0.3 is 19.7 Å². The second-order valence-corrected chi connectivity index (χ2v) is 5.89. The van der Waals surface area contributed by atoms with Crippen LogP contribution in [0.3, 0.4) is 0 Å². The van der Waals surface area contributed by atoms with Crippen LogP contribution in [0.5, 0.6) is 0 Å². The number of aliphatic carboxylic acids is 1. The molecule has 2 heterocycles. The van der Waals surface area contributed by atoms with E-state index in [4.69, 9.17) is 4.74 Å². The van der Waals surface area contributed by atoms with Gasteiger partial charge in [0.05, 0.1) is 0 Å². The molecule has 2 unspecified atom stereocenters. The number of ether oxygens (including phenoxy) is 1. The molecule has 2 atom stereocenters. The highest BCUT2D eigenvalue weighted by Gasteiger charge is 2.59. The molecular weight excluding hydrogens is 317 g/mol. The number of hydrogen-bond acceptors (Lipinski definition) is 4. The Balaban J connectivity index is 2.10. The number of carbonyl (C=O) groups excluding carboxylic acids is 1. The molecule has 1 aromatic carbocycles. The molecular formula is C16H16FN3O4. The molecule has 1 aliphatic heterocycles. The third-order valence-corrected chi connectivity index (χ3v) is 4.22. The highest BCUT2D eigenvalue weighted by Crippen LogP contribution is 2.39. The average molecular weight is 333 g/mol. The van der Waals surface area contributed by atoms with E-state index < -0.39 is 29.2 Å². The number of aromatic amines is 1. The van der Waals surface area contributed by atoms with Gasteiger partial charge in [0, 0.05) is 37.1 Å². The van der Waals surface area contributed by atoms with Crippen molar-refractivity contribution in [3.63, 3.8) is 0 Å². The van der Waals surface area contributed by atoms with Crippen molar-refractivity contribution in [2.45, 2.75) is 18.4 Å². The van der Waals surface area contributed by atoms with Gasteiger partial charge in [0.2, 0.25) is 0 Å². The summed E-state index contributed by atoms with van der Waals surface area (Å²) in [7, 11) is 3.20.